The SMILES string of the molecule is CCOc1c[nH]cn1. The highest BCUT2D eigenvalue weighted by Gasteiger charge is 1.87. The molecule has 0 atom stereocenters. The summed E-state index contributed by atoms with van der Waals surface area (Å²) in [6.07, 6.45) is 3.30. The molecule has 0 saturated heterocycles. The molecule has 0 aliphatic carbocycles. The number of hydrogen-bond donors (Lipinski definition) is 1. The third kappa shape index (κ3) is 0.992. The standard InChI is InChI=1S/C5H8N2O/c1-2-8-5-3-6-4-7-5/h3-4H,2H2,1H3,(H,6,7). The van der Waals surface area contributed by atoms with Crippen molar-refractivity contribution in [2.24, 2.45) is 0 Å². The molecule has 0 bridgehead atoms. The molecular weight excluding hydrogens is 104 g/mol. The topological polar surface area (TPSA) is 37.9 Å². The average Bonchev–Trinajstić information content (AvgIpc) is 2.19. The van der Waals surface area contributed by atoms with Crippen LogP contribution in [0.1, 0.15) is 6.92 Å². The van der Waals surface area contributed by atoms with E-state index in [9.17, 15) is 0 Å². The first-order valence-corrected chi connectivity index (χ1v) is 2.55. The van der Waals surface area contributed by atoms with Gasteiger partial charge in [-0.1, -0.05) is 0 Å². The Balaban J connectivity index is 2.50. The largest absolute Gasteiger partial charge is 0.477 e. The monoisotopic (exact) mass is 112 g/mol. The van der Waals surface area contributed by atoms with E-state index in [0.717, 1.165) is 0 Å². The number of rotatable bonds is 2. The number of imidazole rings is 1. The van der Waals surface area contributed by atoms with E-state index in [1.807, 2.05) is 6.92 Å². The van der Waals surface area contributed by atoms with Gasteiger partial charge in [0.2, 0.25) is 5.88 Å². The summed E-state index contributed by atoms with van der Waals surface area (Å²) in [4.78, 5) is 6.61. The second-order valence-electron chi connectivity index (χ2n) is 1.34. The van der Waals surface area contributed by atoms with Gasteiger partial charge >= 0.3 is 0 Å². The Bertz CT molecular complexity index is 136. The molecule has 1 N–H and O–H groups in total. The first kappa shape index (κ1) is 5.15. The number of hydrogen-bond acceptors (Lipinski definition) is 2. The van der Waals surface area contributed by atoms with E-state index in [-0.39, 0.29) is 0 Å². The molecule has 3 nitrogen and oxygen atoms in total. The van der Waals surface area contributed by atoms with Crippen LogP contribution >= 0.6 is 0 Å². The summed E-state index contributed by atoms with van der Waals surface area (Å²) in [6.45, 7) is 2.60. The summed E-state index contributed by atoms with van der Waals surface area (Å²) in [5.41, 5.74) is 0. The van der Waals surface area contributed by atoms with Crippen LogP contribution in [0.4, 0.5) is 0 Å². The van der Waals surface area contributed by atoms with E-state index in [0.29, 0.717) is 12.5 Å². The van der Waals surface area contributed by atoms with Crippen molar-refractivity contribution in [1.82, 2.24) is 9.97 Å². The van der Waals surface area contributed by atoms with Crippen molar-refractivity contribution in [1.29, 1.82) is 0 Å². The molecule has 1 rings (SSSR count). The Kier molecular flexibility index (Phi) is 1.51. The maximum atomic E-state index is 5.00. The zero-order valence-corrected chi connectivity index (χ0v) is 4.72. The molecular formula is C5H8N2O. The van der Waals surface area contributed by atoms with E-state index >= 15 is 0 Å². The lowest BCUT2D eigenvalue weighted by Gasteiger charge is -1.92. The second kappa shape index (κ2) is 2.35. The minimum Gasteiger partial charge on any atom is -0.477 e. The van der Waals surface area contributed by atoms with Gasteiger partial charge in [0.25, 0.3) is 0 Å². The fourth-order valence-corrected chi connectivity index (χ4v) is 0.474. The molecule has 0 saturated carbocycles. The van der Waals surface area contributed by atoms with Crippen molar-refractivity contribution in [2.45, 2.75) is 6.92 Å². The lowest BCUT2D eigenvalue weighted by molar-refractivity contribution is 0.328. The van der Waals surface area contributed by atoms with Crippen LogP contribution in [0.3, 0.4) is 0 Å². The van der Waals surface area contributed by atoms with Gasteiger partial charge in [-0.05, 0) is 6.92 Å². The first-order valence-electron chi connectivity index (χ1n) is 2.55. The van der Waals surface area contributed by atoms with Gasteiger partial charge in [0, 0.05) is 0 Å². The first-order chi connectivity index (χ1) is 3.93. The van der Waals surface area contributed by atoms with Crippen LogP contribution in [0.15, 0.2) is 12.5 Å². The van der Waals surface area contributed by atoms with Gasteiger partial charge in [0.1, 0.15) is 0 Å². The van der Waals surface area contributed by atoms with Crippen LogP contribution in [-0.4, -0.2) is 16.6 Å². The molecule has 0 spiro atoms. The molecule has 0 unspecified atom stereocenters. The van der Waals surface area contributed by atoms with Crippen LogP contribution in [0, 0.1) is 0 Å². The molecule has 1 aromatic rings. The van der Waals surface area contributed by atoms with Crippen LogP contribution in [0.2, 0.25) is 0 Å². The van der Waals surface area contributed by atoms with Crippen LogP contribution in [0.25, 0.3) is 0 Å². The predicted octanol–water partition coefficient (Wildman–Crippen LogP) is 0.808. The van der Waals surface area contributed by atoms with Crippen LogP contribution in [-0.2, 0) is 0 Å². The Morgan fingerprint density at radius 2 is 2.75 bits per heavy atom. The minimum absolute atomic E-state index is 0.660. The van der Waals surface area contributed by atoms with Gasteiger partial charge in [-0.25, -0.2) is 4.98 Å². The van der Waals surface area contributed by atoms with Crippen LogP contribution in [0.5, 0.6) is 5.88 Å². The summed E-state index contributed by atoms with van der Waals surface area (Å²) in [5.74, 6) is 0.660. The zero-order chi connectivity index (χ0) is 5.82. The quantitative estimate of drug-likeness (QED) is 0.614. The summed E-state index contributed by atoms with van der Waals surface area (Å²) in [7, 11) is 0. The van der Waals surface area contributed by atoms with Gasteiger partial charge in [0.15, 0.2) is 0 Å². The molecule has 8 heavy (non-hydrogen) atoms. The zero-order valence-electron chi connectivity index (χ0n) is 4.72. The van der Waals surface area contributed by atoms with Crippen molar-refractivity contribution >= 4 is 0 Å². The highest BCUT2D eigenvalue weighted by atomic mass is 16.5. The fraction of sp³-hybridized carbons (Fsp3) is 0.400. The number of aromatic nitrogens is 2. The van der Waals surface area contributed by atoms with Gasteiger partial charge in [-0.3, -0.25) is 0 Å². The molecule has 1 heterocycles. The van der Waals surface area contributed by atoms with Crippen molar-refractivity contribution in [2.75, 3.05) is 6.61 Å². The van der Waals surface area contributed by atoms with E-state index < -0.39 is 0 Å². The molecule has 44 valence electrons. The molecule has 0 aliphatic heterocycles. The number of nitrogens with one attached hydrogen (secondary N) is 1. The summed E-state index contributed by atoms with van der Waals surface area (Å²) in [5, 5.41) is 0. The number of aromatic amines is 1. The third-order valence-electron chi connectivity index (χ3n) is 0.765. The molecule has 0 amide bonds. The molecule has 0 fully saturated rings. The van der Waals surface area contributed by atoms with Gasteiger partial charge in [-0.2, -0.15) is 0 Å². The normalized spacial score (nSPS) is 9.12. The minimum atomic E-state index is 0.660. The van der Waals surface area contributed by atoms with Crippen molar-refractivity contribution in [3.05, 3.63) is 12.5 Å². The van der Waals surface area contributed by atoms with E-state index in [2.05, 4.69) is 9.97 Å². The maximum absolute atomic E-state index is 5.00. The molecule has 3 heteroatoms. The van der Waals surface area contributed by atoms with E-state index in [1.54, 1.807) is 12.5 Å². The molecule has 0 aliphatic rings. The number of nitrogens with zero attached hydrogens (tertiary/aromatic N) is 1. The van der Waals surface area contributed by atoms with Gasteiger partial charge in [-0.15, -0.1) is 0 Å². The number of ether oxygens (including phenoxy) is 1. The third-order valence-corrected chi connectivity index (χ3v) is 0.765. The summed E-state index contributed by atoms with van der Waals surface area (Å²) >= 11 is 0. The summed E-state index contributed by atoms with van der Waals surface area (Å²) < 4.78 is 5.00. The highest BCUT2D eigenvalue weighted by molar-refractivity contribution is 5.00. The van der Waals surface area contributed by atoms with Gasteiger partial charge < -0.3 is 9.72 Å². The van der Waals surface area contributed by atoms with E-state index in [4.69, 9.17) is 4.74 Å². The Morgan fingerprint density at radius 3 is 3.25 bits per heavy atom. The summed E-state index contributed by atoms with van der Waals surface area (Å²) in [6, 6.07) is 0. The van der Waals surface area contributed by atoms with E-state index in [1.165, 1.54) is 0 Å². The second-order valence-corrected chi connectivity index (χ2v) is 1.34. The van der Waals surface area contributed by atoms with Gasteiger partial charge in [0.05, 0.1) is 19.1 Å². The van der Waals surface area contributed by atoms with Crippen molar-refractivity contribution in [3.63, 3.8) is 0 Å². The molecule has 0 radical (unpaired) electrons. The fourth-order valence-electron chi connectivity index (χ4n) is 0.474. The molecule has 0 aromatic carbocycles. The Labute approximate surface area is 47.7 Å². The van der Waals surface area contributed by atoms with Crippen molar-refractivity contribution in [3.8, 4) is 5.88 Å². The van der Waals surface area contributed by atoms with Crippen molar-refractivity contribution < 1.29 is 4.74 Å². The Morgan fingerprint density at radius 1 is 1.88 bits per heavy atom. The maximum Gasteiger partial charge on any atom is 0.231 e. The average molecular weight is 112 g/mol. The predicted molar refractivity (Wildman–Crippen MR) is 29.8 cm³/mol. The lowest BCUT2D eigenvalue weighted by atomic mass is 10.8. The van der Waals surface area contributed by atoms with Crippen LogP contribution < -0.4 is 4.74 Å². The molecule has 1 aromatic heterocycles. The highest BCUT2D eigenvalue weighted by Crippen LogP contribution is 1.99. The lowest BCUT2D eigenvalue weighted by Crippen LogP contribution is -1.89. The smallest absolute Gasteiger partial charge is 0.231 e. The Hall–Kier alpha value is -0.990. The number of H-pyrrole nitrogens is 1.